The van der Waals surface area contributed by atoms with Crippen LogP contribution in [0.2, 0.25) is 0 Å². The van der Waals surface area contributed by atoms with E-state index in [4.69, 9.17) is 4.52 Å². The Morgan fingerprint density at radius 1 is 1.35 bits per heavy atom. The molecule has 0 amide bonds. The number of fused-ring (bicyclic) bond motifs is 1. The summed E-state index contributed by atoms with van der Waals surface area (Å²) in [5.41, 5.74) is 3.69. The molecule has 4 nitrogen and oxygen atoms in total. The van der Waals surface area contributed by atoms with Crippen molar-refractivity contribution in [2.75, 3.05) is 6.26 Å². The molecule has 88 valence electrons. The lowest BCUT2D eigenvalue weighted by Crippen LogP contribution is -1.99. The fourth-order valence-corrected chi connectivity index (χ4v) is 2.36. The van der Waals surface area contributed by atoms with Crippen LogP contribution < -0.4 is 5.32 Å². The minimum atomic E-state index is 0.615. The molecule has 0 atom stereocenters. The van der Waals surface area contributed by atoms with Crippen LogP contribution in [0.25, 0.3) is 11.5 Å². The van der Waals surface area contributed by atoms with Gasteiger partial charge in [-0.25, -0.2) is 0 Å². The van der Waals surface area contributed by atoms with Crippen molar-refractivity contribution in [3.8, 4) is 11.5 Å². The van der Waals surface area contributed by atoms with Crippen LogP contribution in [0.3, 0.4) is 0 Å². The van der Waals surface area contributed by atoms with E-state index in [0.717, 1.165) is 30.2 Å². The molecule has 0 bridgehead atoms. The highest BCUT2D eigenvalue weighted by atomic mass is 32.2. The van der Waals surface area contributed by atoms with Crippen LogP contribution in [0.15, 0.2) is 22.7 Å². The maximum atomic E-state index is 5.27. The van der Waals surface area contributed by atoms with Gasteiger partial charge in [0.25, 0.3) is 5.89 Å². The van der Waals surface area contributed by atoms with E-state index in [1.54, 1.807) is 11.8 Å². The molecular weight excluding hydrogens is 234 g/mol. The van der Waals surface area contributed by atoms with E-state index in [0.29, 0.717) is 5.89 Å². The second kappa shape index (κ2) is 4.50. The molecular formula is C12H13N3OS. The smallest absolute Gasteiger partial charge is 0.257 e. The molecule has 17 heavy (non-hydrogen) atoms. The molecule has 1 aliphatic rings. The topological polar surface area (TPSA) is 51.0 Å². The minimum Gasteiger partial charge on any atom is -0.334 e. The number of hydrogen-bond acceptors (Lipinski definition) is 5. The first-order chi connectivity index (χ1) is 8.36. The second-order valence-electron chi connectivity index (χ2n) is 4.04. The van der Waals surface area contributed by atoms with Gasteiger partial charge in [-0.2, -0.15) is 16.7 Å². The monoisotopic (exact) mass is 247 g/mol. The Hall–Kier alpha value is -1.33. The molecule has 1 N–H and O–H groups in total. The third-order valence-electron chi connectivity index (χ3n) is 2.83. The molecule has 5 heteroatoms. The maximum Gasteiger partial charge on any atom is 0.257 e. The maximum absolute atomic E-state index is 5.27. The number of aromatic nitrogens is 2. The van der Waals surface area contributed by atoms with Crippen molar-refractivity contribution in [3.05, 3.63) is 35.2 Å². The quantitative estimate of drug-likeness (QED) is 0.901. The van der Waals surface area contributed by atoms with Crippen LogP contribution in [0.1, 0.15) is 17.0 Å². The van der Waals surface area contributed by atoms with Crippen LogP contribution >= 0.6 is 11.8 Å². The largest absolute Gasteiger partial charge is 0.334 e. The summed E-state index contributed by atoms with van der Waals surface area (Å²) in [5.74, 6) is 2.16. The minimum absolute atomic E-state index is 0.615. The molecule has 1 aliphatic heterocycles. The molecule has 0 spiro atoms. The molecule has 0 aliphatic carbocycles. The van der Waals surface area contributed by atoms with Gasteiger partial charge in [-0.05, 0) is 29.5 Å². The fourth-order valence-electron chi connectivity index (χ4n) is 1.99. The fraction of sp³-hybridized carbons (Fsp3) is 0.333. The van der Waals surface area contributed by atoms with E-state index in [9.17, 15) is 0 Å². The van der Waals surface area contributed by atoms with Gasteiger partial charge in [0.05, 0.1) is 5.75 Å². The average molecular weight is 247 g/mol. The Kier molecular flexibility index (Phi) is 2.86. The zero-order valence-corrected chi connectivity index (χ0v) is 10.4. The van der Waals surface area contributed by atoms with Crippen LogP contribution in [0, 0.1) is 0 Å². The molecule has 2 heterocycles. The number of hydrogen-bond donors (Lipinski definition) is 1. The van der Waals surface area contributed by atoms with Crippen LogP contribution in [0.4, 0.5) is 0 Å². The lowest BCUT2D eigenvalue weighted by Gasteiger charge is -1.99. The Morgan fingerprint density at radius 3 is 3.12 bits per heavy atom. The lowest BCUT2D eigenvalue weighted by atomic mass is 10.1. The van der Waals surface area contributed by atoms with Crippen LogP contribution in [-0.2, 0) is 18.8 Å². The van der Waals surface area contributed by atoms with Crippen molar-refractivity contribution < 1.29 is 4.52 Å². The lowest BCUT2D eigenvalue weighted by molar-refractivity contribution is 0.425. The highest BCUT2D eigenvalue weighted by Crippen LogP contribution is 2.24. The van der Waals surface area contributed by atoms with Crippen molar-refractivity contribution in [1.82, 2.24) is 15.5 Å². The molecule has 0 fully saturated rings. The first-order valence-corrected chi connectivity index (χ1v) is 6.90. The van der Waals surface area contributed by atoms with Crippen molar-refractivity contribution in [2.45, 2.75) is 18.8 Å². The molecule has 0 unspecified atom stereocenters. The van der Waals surface area contributed by atoms with Gasteiger partial charge in [0.1, 0.15) is 0 Å². The average Bonchev–Trinajstić information content (AvgIpc) is 2.96. The molecule has 1 aromatic heterocycles. The number of nitrogens with one attached hydrogen (secondary N) is 1. The highest BCUT2D eigenvalue weighted by molar-refractivity contribution is 7.97. The van der Waals surface area contributed by atoms with Gasteiger partial charge in [0.15, 0.2) is 5.82 Å². The van der Waals surface area contributed by atoms with E-state index in [1.165, 1.54) is 11.1 Å². The van der Waals surface area contributed by atoms with Crippen molar-refractivity contribution in [2.24, 2.45) is 0 Å². The zero-order valence-electron chi connectivity index (χ0n) is 9.56. The van der Waals surface area contributed by atoms with Gasteiger partial charge < -0.3 is 9.84 Å². The van der Waals surface area contributed by atoms with Crippen molar-refractivity contribution >= 4 is 11.8 Å². The second-order valence-corrected chi connectivity index (χ2v) is 4.90. The Morgan fingerprint density at radius 2 is 2.24 bits per heavy atom. The van der Waals surface area contributed by atoms with Gasteiger partial charge in [0.2, 0.25) is 0 Å². The van der Waals surface area contributed by atoms with Crippen LogP contribution in [-0.4, -0.2) is 16.4 Å². The van der Waals surface area contributed by atoms with E-state index in [2.05, 4.69) is 27.6 Å². The van der Waals surface area contributed by atoms with E-state index in [-0.39, 0.29) is 0 Å². The molecule has 3 rings (SSSR count). The van der Waals surface area contributed by atoms with E-state index >= 15 is 0 Å². The number of rotatable bonds is 3. The van der Waals surface area contributed by atoms with Gasteiger partial charge in [-0.3, -0.25) is 0 Å². The van der Waals surface area contributed by atoms with Crippen LogP contribution in [0.5, 0.6) is 0 Å². The predicted molar refractivity (Wildman–Crippen MR) is 67.5 cm³/mol. The highest BCUT2D eigenvalue weighted by Gasteiger charge is 2.14. The van der Waals surface area contributed by atoms with E-state index in [1.807, 2.05) is 12.3 Å². The molecule has 0 saturated heterocycles. The van der Waals surface area contributed by atoms with Gasteiger partial charge in [-0.15, -0.1) is 0 Å². The van der Waals surface area contributed by atoms with Gasteiger partial charge in [0, 0.05) is 18.7 Å². The zero-order chi connectivity index (χ0) is 11.7. The summed E-state index contributed by atoms with van der Waals surface area (Å²) in [4.78, 5) is 4.38. The summed E-state index contributed by atoms with van der Waals surface area (Å²) in [7, 11) is 0. The number of nitrogens with zero attached hydrogens (tertiary/aromatic N) is 2. The third kappa shape index (κ3) is 2.08. The Balaban J connectivity index is 1.92. The molecule has 0 radical (unpaired) electrons. The number of benzene rings is 1. The molecule has 2 aromatic rings. The summed E-state index contributed by atoms with van der Waals surface area (Å²) in [5, 5.41) is 7.28. The first kappa shape index (κ1) is 10.8. The number of thioether (sulfide) groups is 1. The Bertz CT molecular complexity index is 538. The summed E-state index contributed by atoms with van der Waals surface area (Å²) in [6, 6.07) is 6.30. The summed E-state index contributed by atoms with van der Waals surface area (Å²) in [6.45, 7) is 1.88. The Labute approximate surface area is 104 Å². The van der Waals surface area contributed by atoms with Crippen molar-refractivity contribution in [1.29, 1.82) is 0 Å². The first-order valence-electron chi connectivity index (χ1n) is 5.51. The van der Waals surface area contributed by atoms with Crippen molar-refractivity contribution in [3.63, 3.8) is 0 Å². The third-order valence-corrected chi connectivity index (χ3v) is 3.37. The summed E-state index contributed by atoms with van der Waals surface area (Å²) < 4.78 is 5.27. The molecule has 1 aromatic carbocycles. The SMILES string of the molecule is CSCc1noc(-c2ccc3c(c2)CNC3)n1. The summed E-state index contributed by atoms with van der Waals surface area (Å²) >= 11 is 1.69. The summed E-state index contributed by atoms with van der Waals surface area (Å²) in [6.07, 6.45) is 2.02. The van der Waals surface area contributed by atoms with Gasteiger partial charge >= 0.3 is 0 Å². The van der Waals surface area contributed by atoms with Gasteiger partial charge in [-0.1, -0.05) is 11.2 Å². The van der Waals surface area contributed by atoms with E-state index < -0.39 is 0 Å². The normalized spacial score (nSPS) is 13.9. The standard InChI is InChI=1S/C12H13N3OS/c1-17-7-11-14-12(16-15-11)8-2-3-9-5-13-6-10(9)4-8/h2-4,13H,5-7H2,1H3. The molecule has 0 saturated carbocycles. The predicted octanol–water partition coefficient (Wildman–Crippen LogP) is 2.20.